The number of anilines is 1. The largest absolute Gasteiger partial charge is 0.495 e. The summed E-state index contributed by atoms with van der Waals surface area (Å²) in [5.41, 5.74) is 3.08. The Morgan fingerprint density at radius 3 is 1.42 bits per heavy atom. The third-order valence-corrected chi connectivity index (χ3v) is 6.35. The quantitative estimate of drug-likeness (QED) is 0.137. The fraction of sp³-hybridized carbons (Fsp3) is 0.250. The number of nitrogens with one attached hydrogen (secondary N) is 1. The van der Waals surface area contributed by atoms with Crippen molar-refractivity contribution in [1.29, 1.82) is 0 Å². The molecule has 0 aliphatic carbocycles. The fourth-order valence-electron chi connectivity index (χ4n) is 4.38. The molecule has 0 aromatic heterocycles. The molecule has 4 aromatic rings. The number of ether oxygens (including phenoxy) is 5. The van der Waals surface area contributed by atoms with Crippen molar-refractivity contribution < 1.29 is 28.5 Å². The predicted octanol–water partition coefficient (Wildman–Crippen LogP) is 7.97. The summed E-state index contributed by atoms with van der Waals surface area (Å²) in [5, 5.41) is 2.96. The maximum absolute atomic E-state index is 13.8. The molecule has 1 N–H and O–H groups in total. The van der Waals surface area contributed by atoms with E-state index in [1.807, 2.05) is 94.4 Å². The molecule has 4 rings (SSSR count). The fourth-order valence-corrected chi connectivity index (χ4v) is 4.38. The highest BCUT2D eigenvalue weighted by molar-refractivity contribution is 6.09. The molecule has 9 heteroatoms. The minimum absolute atomic E-state index is 0.221. The SMILES string of the molecule is COc1ccccc1/N=C(\OC(C)C)c1cc(C(=O)Nc2ccccc2OC)cc(/C(=N/c2ccccc2OC)OC(C)C)c1. The number of benzene rings is 4. The molecule has 0 atom stereocenters. The third-order valence-electron chi connectivity index (χ3n) is 6.35. The Bertz CT molecular complexity index is 1590. The van der Waals surface area contributed by atoms with Crippen LogP contribution in [0, 0.1) is 0 Å². The maximum Gasteiger partial charge on any atom is 0.255 e. The van der Waals surface area contributed by atoms with Crippen LogP contribution in [-0.4, -0.2) is 51.2 Å². The predicted molar refractivity (Wildman–Crippen MR) is 178 cm³/mol. The van der Waals surface area contributed by atoms with Gasteiger partial charge in [-0.1, -0.05) is 36.4 Å². The van der Waals surface area contributed by atoms with Gasteiger partial charge >= 0.3 is 0 Å². The molecule has 0 aliphatic heterocycles. The topological polar surface area (TPSA) is 100.0 Å². The smallest absolute Gasteiger partial charge is 0.255 e. The van der Waals surface area contributed by atoms with E-state index in [-0.39, 0.29) is 18.1 Å². The van der Waals surface area contributed by atoms with Crippen LogP contribution in [0.25, 0.3) is 0 Å². The van der Waals surface area contributed by atoms with Gasteiger partial charge in [-0.3, -0.25) is 4.79 Å². The lowest BCUT2D eigenvalue weighted by Crippen LogP contribution is -2.19. The summed E-state index contributed by atoms with van der Waals surface area (Å²) in [6.45, 7) is 7.64. The van der Waals surface area contributed by atoms with Gasteiger partial charge in [0.05, 0.1) is 39.2 Å². The van der Waals surface area contributed by atoms with Crippen LogP contribution in [-0.2, 0) is 9.47 Å². The molecule has 9 nitrogen and oxygen atoms in total. The van der Waals surface area contributed by atoms with E-state index < -0.39 is 0 Å². The van der Waals surface area contributed by atoms with Gasteiger partial charge in [-0.25, -0.2) is 9.98 Å². The van der Waals surface area contributed by atoms with Gasteiger partial charge < -0.3 is 29.0 Å². The molecule has 45 heavy (non-hydrogen) atoms. The first-order valence-electron chi connectivity index (χ1n) is 14.6. The lowest BCUT2D eigenvalue weighted by Gasteiger charge is -2.18. The van der Waals surface area contributed by atoms with Crippen molar-refractivity contribution in [3.63, 3.8) is 0 Å². The van der Waals surface area contributed by atoms with Gasteiger partial charge in [0, 0.05) is 16.7 Å². The summed E-state index contributed by atoms with van der Waals surface area (Å²) < 4.78 is 29.0. The monoisotopic (exact) mass is 609 g/mol. The van der Waals surface area contributed by atoms with Crippen molar-refractivity contribution in [3.05, 3.63) is 108 Å². The Balaban J connectivity index is 1.94. The van der Waals surface area contributed by atoms with Gasteiger partial charge in [0.15, 0.2) is 0 Å². The zero-order chi connectivity index (χ0) is 32.3. The molecule has 0 saturated carbocycles. The van der Waals surface area contributed by atoms with Crippen molar-refractivity contribution in [2.75, 3.05) is 26.6 Å². The first-order chi connectivity index (χ1) is 21.7. The number of methoxy groups -OCH3 is 3. The number of para-hydroxylation sites is 6. The van der Waals surface area contributed by atoms with E-state index in [9.17, 15) is 4.79 Å². The standard InChI is InChI=1S/C36H39N3O6/c1-23(2)44-35(38-29-15-9-12-18-32(29)42-6)26-20-25(34(40)37-28-14-8-11-17-31(28)41-5)21-27(22-26)36(45-24(3)4)39-30-16-10-13-19-33(30)43-7/h8-24H,1-7H3,(H,37,40)/b38-35-,39-36-. The Hall–Kier alpha value is -5.31. The summed E-state index contributed by atoms with van der Waals surface area (Å²) in [7, 11) is 4.72. The Labute approximate surface area is 264 Å². The second kappa shape index (κ2) is 15.4. The average molecular weight is 610 g/mol. The lowest BCUT2D eigenvalue weighted by atomic mass is 10.0. The summed E-state index contributed by atoms with van der Waals surface area (Å²) in [5.74, 6) is 1.91. The summed E-state index contributed by atoms with van der Waals surface area (Å²) >= 11 is 0. The molecule has 0 spiro atoms. The van der Waals surface area contributed by atoms with Crippen molar-refractivity contribution in [3.8, 4) is 17.2 Å². The molecule has 0 unspecified atom stereocenters. The molecule has 0 aliphatic rings. The number of aliphatic imine (C=N–C) groups is 2. The van der Waals surface area contributed by atoms with Crippen molar-refractivity contribution in [1.82, 2.24) is 0 Å². The zero-order valence-electron chi connectivity index (χ0n) is 26.7. The number of nitrogens with zero attached hydrogens (tertiary/aromatic N) is 2. The first-order valence-corrected chi connectivity index (χ1v) is 14.6. The minimum atomic E-state index is -0.370. The van der Waals surface area contributed by atoms with Gasteiger partial charge in [0.2, 0.25) is 11.8 Å². The zero-order valence-corrected chi connectivity index (χ0v) is 26.7. The Morgan fingerprint density at radius 2 is 0.978 bits per heavy atom. The molecule has 0 heterocycles. The van der Waals surface area contributed by atoms with Crippen LogP contribution in [0.1, 0.15) is 49.2 Å². The van der Waals surface area contributed by atoms with Crippen LogP contribution in [0.15, 0.2) is 101 Å². The van der Waals surface area contributed by atoms with Crippen LogP contribution in [0.4, 0.5) is 17.1 Å². The number of rotatable bonds is 11. The highest BCUT2D eigenvalue weighted by atomic mass is 16.5. The number of carbonyl (C=O) groups is 1. The van der Waals surface area contributed by atoms with Crippen LogP contribution in [0.2, 0.25) is 0 Å². The number of carbonyl (C=O) groups excluding carboxylic acids is 1. The van der Waals surface area contributed by atoms with Crippen LogP contribution >= 0.6 is 0 Å². The summed E-state index contributed by atoms with van der Waals surface area (Å²) in [6.07, 6.45) is -0.441. The number of hydrogen-bond acceptors (Lipinski definition) is 8. The van der Waals surface area contributed by atoms with Crippen molar-refractivity contribution in [2.24, 2.45) is 9.98 Å². The normalized spacial score (nSPS) is 11.8. The van der Waals surface area contributed by atoms with E-state index >= 15 is 0 Å². The molecule has 234 valence electrons. The first kappa shape index (κ1) is 32.6. The van der Waals surface area contributed by atoms with E-state index in [1.165, 1.54) is 0 Å². The van der Waals surface area contributed by atoms with E-state index in [4.69, 9.17) is 33.7 Å². The molecule has 1 amide bonds. The van der Waals surface area contributed by atoms with Gasteiger partial charge in [-0.15, -0.1) is 0 Å². The molecule has 0 fully saturated rings. The van der Waals surface area contributed by atoms with Crippen LogP contribution < -0.4 is 19.5 Å². The molecule has 0 radical (unpaired) electrons. The molecule has 0 saturated heterocycles. The molecule has 4 aromatic carbocycles. The maximum atomic E-state index is 13.8. The second-order valence-corrected chi connectivity index (χ2v) is 10.5. The highest BCUT2D eigenvalue weighted by Crippen LogP contribution is 2.31. The second-order valence-electron chi connectivity index (χ2n) is 10.5. The molecular formula is C36H39N3O6. The number of hydrogen-bond donors (Lipinski definition) is 1. The molecule has 0 bridgehead atoms. The van der Waals surface area contributed by atoms with E-state index in [1.54, 1.807) is 45.6 Å². The van der Waals surface area contributed by atoms with Gasteiger partial charge in [0.1, 0.15) is 28.6 Å². The van der Waals surface area contributed by atoms with Crippen molar-refractivity contribution >= 4 is 34.8 Å². The average Bonchev–Trinajstić information content (AvgIpc) is 3.04. The lowest BCUT2D eigenvalue weighted by molar-refractivity contribution is 0.102. The van der Waals surface area contributed by atoms with E-state index in [0.717, 1.165) is 0 Å². The van der Waals surface area contributed by atoms with Crippen LogP contribution in [0.3, 0.4) is 0 Å². The van der Waals surface area contributed by atoms with E-state index in [2.05, 4.69) is 5.32 Å². The van der Waals surface area contributed by atoms with Gasteiger partial charge in [-0.05, 0) is 82.3 Å². The van der Waals surface area contributed by atoms with E-state index in [0.29, 0.717) is 62.8 Å². The van der Waals surface area contributed by atoms with Crippen LogP contribution in [0.5, 0.6) is 17.2 Å². The summed E-state index contributed by atoms with van der Waals surface area (Å²) in [6, 6.07) is 27.3. The minimum Gasteiger partial charge on any atom is -0.495 e. The Kier molecular flexibility index (Phi) is 11.2. The third kappa shape index (κ3) is 8.63. The summed E-state index contributed by atoms with van der Waals surface area (Å²) in [4.78, 5) is 23.5. The number of amides is 1. The van der Waals surface area contributed by atoms with Crippen molar-refractivity contribution in [2.45, 2.75) is 39.9 Å². The van der Waals surface area contributed by atoms with Gasteiger partial charge in [0.25, 0.3) is 5.91 Å². The molecular weight excluding hydrogens is 570 g/mol. The highest BCUT2D eigenvalue weighted by Gasteiger charge is 2.20. The van der Waals surface area contributed by atoms with Gasteiger partial charge in [-0.2, -0.15) is 0 Å². The Morgan fingerprint density at radius 1 is 0.578 bits per heavy atom.